The standard InChI is InChI=1S/C10H13NO3/c1-13-8-5-14-7-4-2-3-6(12)9(7)10(8)11/h2-4,8,10,12H,5,11H2,1H3. The molecule has 0 bridgehead atoms. The van der Waals surface area contributed by atoms with Crippen LogP contribution in [0.5, 0.6) is 11.5 Å². The lowest BCUT2D eigenvalue weighted by Crippen LogP contribution is -2.37. The number of phenols is 1. The average molecular weight is 195 g/mol. The SMILES string of the molecule is COC1COc2cccc(O)c2C1N. The summed E-state index contributed by atoms with van der Waals surface area (Å²) < 4.78 is 10.6. The van der Waals surface area contributed by atoms with Crippen molar-refractivity contribution >= 4 is 0 Å². The highest BCUT2D eigenvalue weighted by molar-refractivity contribution is 5.47. The van der Waals surface area contributed by atoms with Crippen molar-refractivity contribution in [3.8, 4) is 11.5 Å². The van der Waals surface area contributed by atoms with E-state index in [0.29, 0.717) is 17.9 Å². The Kier molecular flexibility index (Phi) is 2.31. The summed E-state index contributed by atoms with van der Waals surface area (Å²) in [5, 5.41) is 9.62. The zero-order valence-electron chi connectivity index (χ0n) is 7.93. The van der Waals surface area contributed by atoms with E-state index in [-0.39, 0.29) is 17.9 Å². The molecule has 1 aliphatic heterocycles. The molecule has 3 N–H and O–H groups in total. The van der Waals surface area contributed by atoms with E-state index in [2.05, 4.69) is 0 Å². The zero-order chi connectivity index (χ0) is 10.1. The minimum Gasteiger partial charge on any atom is -0.507 e. The molecule has 4 heteroatoms. The van der Waals surface area contributed by atoms with E-state index >= 15 is 0 Å². The van der Waals surface area contributed by atoms with Crippen LogP contribution in [0, 0.1) is 0 Å². The maximum Gasteiger partial charge on any atom is 0.128 e. The van der Waals surface area contributed by atoms with Crippen molar-refractivity contribution in [2.75, 3.05) is 13.7 Å². The highest BCUT2D eigenvalue weighted by Gasteiger charge is 2.30. The second kappa shape index (κ2) is 3.48. The molecule has 0 spiro atoms. The number of hydrogen-bond acceptors (Lipinski definition) is 4. The Hall–Kier alpha value is -1.26. The first-order valence-electron chi connectivity index (χ1n) is 4.47. The first-order valence-corrected chi connectivity index (χ1v) is 4.47. The number of methoxy groups -OCH3 is 1. The molecule has 1 aromatic carbocycles. The van der Waals surface area contributed by atoms with E-state index in [4.69, 9.17) is 15.2 Å². The Bertz CT molecular complexity index is 340. The molecule has 0 fully saturated rings. The van der Waals surface area contributed by atoms with Gasteiger partial charge in [0.05, 0.1) is 11.6 Å². The van der Waals surface area contributed by atoms with Crippen LogP contribution in [0.2, 0.25) is 0 Å². The van der Waals surface area contributed by atoms with Crippen LogP contribution in [0.15, 0.2) is 18.2 Å². The number of phenolic OH excluding ortho intramolecular Hbond substituents is 1. The molecule has 2 atom stereocenters. The van der Waals surface area contributed by atoms with Gasteiger partial charge < -0.3 is 20.3 Å². The second-order valence-electron chi connectivity index (χ2n) is 3.30. The van der Waals surface area contributed by atoms with Crippen LogP contribution in [0.25, 0.3) is 0 Å². The number of benzene rings is 1. The fourth-order valence-electron chi connectivity index (χ4n) is 1.67. The van der Waals surface area contributed by atoms with Crippen LogP contribution in [-0.2, 0) is 4.74 Å². The minimum absolute atomic E-state index is 0.164. The molecule has 1 aromatic rings. The number of ether oxygens (including phenoxy) is 2. The summed E-state index contributed by atoms with van der Waals surface area (Å²) in [5.74, 6) is 0.808. The number of aromatic hydroxyl groups is 1. The Morgan fingerprint density at radius 2 is 2.36 bits per heavy atom. The lowest BCUT2D eigenvalue weighted by atomic mass is 9.98. The van der Waals surface area contributed by atoms with E-state index < -0.39 is 0 Å². The summed E-state index contributed by atoms with van der Waals surface area (Å²) in [6.45, 7) is 0.425. The van der Waals surface area contributed by atoms with E-state index in [1.54, 1.807) is 25.3 Å². The molecule has 0 amide bonds. The van der Waals surface area contributed by atoms with Crippen molar-refractivity contribution in [3.63, 3.8) is 0 Å². The summed E-state index contributed by atoms with van der Waals surface area (Å²) >= 11 is 0. The smallest absolute Gasteiger partial charge is 0.128 e. The summed E-state index contributed by atoms with van der Waals surface area (Å²) in [5.41, 5.74) is 6.57. The molecule has 1 heterocycles. The predicted octanol–water partition coefficient (Wildman–Crippen LogP) is 0.799. The third-order valence-electron chi connectivity index (χ3n) is 2.48. The Morgan fingerprint density at radius 3 is 3.07 bits per heavy atom. The van der Waals surface area contributed by atoms with Gasteiger partial charge in [0.15, 0.2) is 0 Å². The first kappa shape index (κ1) is 9.30. The first-order chi connectivity index (χ1) is 6.74. The third-order valence-corrected chi connectivity index (χ3v) is 2.48. The molecule has 0 aliphatic carbocycles. The van der Waals surface area contributed by atoms with Crippen molar-refractivity contribution < 1.29 is 14.6 Å². The molecule has 0 aromatic heterocycles. The molecule has 0 saturated heterocycles. The molecule has 0 saturated carbocycles. The van der Waals surface area contributed by atoms with Gasteiger partial charge in [-0.15, -0.1) is 0 Å². The summed E-state index contributed by atoms with van der Waals surface area (Å²) in [6, 6.07) is 4.79. The van der Waals surface area contributed by atoms with E-state index in [0.717, 1.165) is 0 Å². The van der Waals surface area contributed by atoms with Crippen molar-refractivity contribution in [2.24, 2.45) is 5.73 Å². The third kappa shape index (κ3) is 1.32. The zero-order valence-corrected chi connectivity index (χ0v) is 7.93. The molecule has 14 heavy (non-hydrogen) atoms. The minimum atomic E-state index is -0.329. The van der Waals surface area contributed by atoms with Crippen molar-refractivity contribution in [3.05, 3.63) is 23.8 Å². The maximum atomic E-state index is 9.62. The number of nitrogens with two attached hydrogens (primary N) is 1. The normalized spacial score (nSPS) is 25.3. The topological polar surface area (TPSA) is 64.7 Å². The van der Waals surface area contributed by atoms with Crippen LogP contribution in [-0.4, -0.2) is 24.9 Å². The largest absolute Gasteiger partial charge is 0.507 e. The van der Waals surface area contributed by atoms with Crippen molar-refractivity contribution in [1.29, 1.82) is 0 Å². The van der Waals surface area contributed by atoms with Crippen LogP contribution >= 0.6 is 0 Å². The van der Waals surface area contributed by atoms with Crippen molar-refractivity contribution in [1.82, 2.24) is 0 Å². The summed E-state index contributed by atoms with van der Waals surface area (Å²) in [4.78, 5) is 0. The van der Waals surface area contributed by atoms with Gasteiger partial charge in [-0.1, -0.05) is 6.07 Å². The summed E-state index contributed by atoms with van der Waals surface area (Å²) in [6.07, 6.45) is -0.198. The molecule has 1 aliphatic rings. The van der Waals surface area contributed by atoms with Crippen molar-refractivity contribution in [2.45, 2.75) is 12.1 Å². The molecular weight excluding hydrogens is 182 g/mol. The lowest BCUT2D eigenvalue weighted by molar-refractivity contribution is 0.0251. The van der Waals surface area contributed by atoms with Gasteiger partial charge in [-0.05, 0) is 12.1 Å². The van der Waals surface area contributed by atoms with Crippen LogP contribution < -0.4 is 10.5 Å². The van der Waals surface area contributed by atoms with Gasteiger partial charge >= 0.3 is 0 Å². The van der Waals surface area contributed by atoms with Crippen LogP contribution in [0.3, 0.4) is 0 Å². The van der Waals surface area contributed by atoms with Gasteiger partial charge in [0.1, 0.15) is 24.2 Å². The fourth-order valence-corrected chi connectivity index (χ4v) is 1.67. The van der Waals surface area contributed by atoms with Gasteiger partial charge in [0.25, 0.3) is 0 Å². The number of fused-ring (bicyclic) bond motifs is 1. The molecular formula is C10H13NO3. The quantitative estimate of drug-likeness (QED) is 0.695. The van der Waals surface area contributed by atoms with E-state index in [1.807, 2.05) is 0 Å². The Labute approximate surface area is 82.2 Å². The van der Waals surface area contributed by atoms with Gasteiger partial charge in [-0.2, -0.15) is 0 Å². The van der Waals surface area contributed by atoms with E-state index in [1.165, 1.54) is 0 Å². The van der Waals surface area contributed by atoms with E-state index in [9.17, 15) is 5.11 Å². The number of hydrogen-bond donors (Lipinski definition) is 2. The summed E-state index contributed by atoms with van der Waals surface area (Å²) in [7, 11) is 1.58. The molecule has 2 unspecified atom stereocenters. The van der Waals surface area contributed by atoms with Gasteiger partial charge in [0, 0.05) is 7.11 Å². The monoisotopic (exact) mass is 195 g/mol. The van der Waals surface area contributed by atoms with Gasteiger partial charge in [-0.25, -0.2) is 0 Å². The molecule has 76 valence electrons. The van der Waals surface area contributed by atoms with Gasteiger partial charge in [0.2, 0.25) is 0 Å². The fraction of sp³-hybridized carbons (Fsp3) is 0.400. The predicted molar refractivity (Wildman–Crippen MR) is 51.3 cm³/mol. The van der Waals surface area contributed by atoms with Gasteiger partial charge in [-0.3, -0.25) is 0 Å². The number of rotatable bonds is 1. The van der Waals surface area contributed by atoms with Crippen LogP contribution in [0.4, 0.5) is 0 Å². The second-order valence-corrected chi connectivity index (χ2v) is 3.30. The highest BCUT2D eigenvalue weighted by atomic mass is 16.5. The average Bonchev–Trinajstić information content (AvgIpc) is 2.18. The lowest BCUT2D eigenvalue weighted by Gasteiger charge is -2.30. The molecule has 4 nitrogen and oxygen atoms in total. The molecule has 2 rings (SSSR count). The Morgan fingerprint density at radius 1 is 1.57 bits per heavy atom. The highest BCUT2D eigenvalue weighted by Crippen LogP contribution is 2.37. The Balaban J connectivity index is 2.43. The maximum absolute atomic E-state index is 9.62. The van der Waals surface area contributed by atoms with Crippen LogP contribution in [0.1, 0.15) is 11.6 Å². The molecule has 0 radical (unpaired) electrons.